The van der Waals surface area contributed by atoms with Gasteiger partial charge in [0.15, 0.2) is 5.78 Å². The van der Waals surface area contributed by atoms with E-state index in [1.165, 1.54) is 6.92 Å². The third-order valence-electron chi connectivity index (χ3n) is 2.96. The maximum Gasteiger partial charge on any atom is 0.268 e. The van der Waals surface area contributed by atoms with Crippen molar-refractivity contribution in [1.82, 2.24) is 9.88 Å². The van der Waals surface area contributed by atoms with Crippen molar-refractivity contribution in [3.05, 3.63) is 23.5 Å². The zero-order chi connectivity index (χ0) is 14.6. The first-order chi connectivity index (χ1) is 8.85. The number of carbonyl (C=O) groups is 2. The van der Waals surface area contributed by atoms with Crippen LogP contribution < -0.4 is 5.32 Å². The van der Waals surface area contributed by atoms with Crippen LogP contribution in [0.5, 0.6) is 0 Å². The minimum absolute atomic E-state index is 0.0736. The summed E-state index contributed by atoms with van der Waals surface area (Å²) >= 11 is 0. The molecule has 0 fully saturated rings. The van der Waals surface area contributed by atoms with E-state index in [9.17, 15) is 14.7 Å². The number of aryl methyl sites for hydroxylation is 1. The van der Waals surface area contributed by atoms with E-state index >= 15 is 0 Å². The molecule has 1 amide bonds. The van der Waals surface area contributed by atoms with Crippen molar-refractivity contribution in [3.8, 4) is 0 Å². The quantitative estimate of drug-likeness (QED) is 0.764. The SMILES string of the molecule is CC(=O)c1cc(C(=O)NC(CO)CC(C)C)n(C)c1. The van der Waals surface area contributed by atoms with E-state index in [2.05, 4.69) is 5.32 Å². The topological polar surface area (TPSA) is 71.3 Å². The van der Waals surface area contributed by atoms with Crippen molar-refractivity contribution >= 4 is 11.7 Å². The van der Waals surface area contributed by atoms with Gasteiger partial charge in [0, 0.05) is 18.8 Å². The van der Waals surface area contributed by atoms with Gasteiger partial charge < -0.3 is 15.0 Å². The average Bonchev–Trinajstić information content (AvgIpc) is 2.70. The summed E-state index contributed by atoms with van der Waals surface area (Å²) in [6.45, 7) is 5.44. The largest absolute Gasteiger partial charge is 0.394 e. The molecule has 106 valence electrons. The van der Waals surface area contributed by atoms with Crippen molar-refractivity contribution < 1.29 is 14.7 Å². The molecule has 0 bridgehead atoms. The molecule has 5 heteroatoms. The highest BCUT2D eigenvalue weighted by atomic mass is 16.3. The average molecular weight is 266 g/mol. The lowest BCUT2D eigenvalue weighted by Crippen LogP contribution is -2.39. The van der Waals surface area contributed by atoms with Gasteiger partial charge in [0.25, 0.3) is 5.91 Å². The van der Waals surface area contributed by atoms with Crippen LogP contribution >= 0.6 is 0 Å². The Morgan fingerprint density at radius 1 is 1.42 bits per heavy atom. The van der Waals surface area contributed by atoms with Gasteiger partial charge in [-0.25, -0.2) is 0 Å². The van der Waals surface area contributed by atoms with E-state index in [0.29, 0.717) is 23.6 Å². The maximum atomic E-state index is 12.1. The number of ketones is 1. The van der Waals surface area contributed by atoms with Gasteiger partial charge >= 0.3 is 0 Å². The van der Waals surface area contributed by atoms with Crippen LogP contribution in [0.4, 0.5) is 0 Å². The first-order valence-electron chi connectivity index (χ1n) is 6.44. The predicted molar refractivity (Wildman–Crippen MR) is 73.2 cm³/mol. The fourth-order valence-corrected chi connectivity index (χ4v) is 1.99. The second-order valence-corrected chi connectivity index (χ2v) is 5.26. The Hall–Kier alpha value is -1.62. The number of rotatable bonds is 6. The van der Waals surface area contributed by atoms with Gasteiger partial charge in [-0.3, -0.25) is 9.59 Å². The lowest BCUT2D eigenvalue weighted by molar-refractivity contribution is 0.0900. The van der Waals surface area contributed by atoms with Crippen molar-refractivity contribution in [2.24, 2.45) is 13.0 Å². The molecule has 0 spiro atoms. The molecule has 0 radical (unpaired) electrons. The molecule has 1 atom stereocenters. The Balaban J connectivity index is 2.79. The minimum atomic E-state index is -0.269. The fraction of sp³-hybridized carbons (Fsp3) is 0.571. The number of amides is 1. The summed E-state index contributed by atoms with van der Waals surface area (Å²) in [7, 11) is 1.72. The second-order valence-electron chi connectivity index (χ2n) is 5.26. The number of aromatic nitrogens is 1. The lowest BCUT2D eigenvalue weighted by atomic mass is 10.0. The first kappa shape index (κ1) is 15.4. The van der Waals surface area contributed by atoms with Crippen LogP contribution in [0.1, 0.15) is 48.0 Å². The highest BCUT2D eigenvalue weighted by Crippen LogP contribution is 2.10. The molecule has 1 aromatic rings. The Bertz CT molecular complexity index is 463. The summed E-state index contributed by atoms with van der Waals surface area (Å²) in [4.78, 5) is 23.4. The summed E-state index contributed by atoms with van der Waals surface area (Å²) in [5.74, 6) is 0.0453. The number of nitrogens with zero attached hydrogens (tertiary/aromatic N) is 1. The summed E-state index contributed by atoms with van der Waals surface area (Å²) in [5.41, 5.74) is 0.935. The van der Waals surface area contributed by atoms with Gasteiger partial charge in [-0.05, 0) is 25.3 Å². The van der Waals surface area contributed by atoms with Gasteiger partial charge in [-0.15, -0.1) is 0 Å². The highest BCUT2D eigenvalue weighted by Gasteiger charge is 2.18. The van der Waals surface area contributed by atoms with Crippen LogP contribution in [0.2, 0.25) is 0 Å². The molecule has 1 heterocycles. The summed E-state index contributed by atoms with van der Waals surface area (Å²) in [6, 6.07) is 1.31. The molecule has 1 rings (SSSR count). The number of Topliss-reactive ketones (excluding diaryl/α,β-unsaturated/α-hetero) is 1. The van der Waals surface area contributed by atoms with E-state index in [1.807, 2.05) is 13.8 Å². The van der Waals surface area contributed by atoms with Crippen LogP contribution in [-0.4, -0.2) is 34.0 Å². The monoisotopic (exact) mass is 266 g/mol. The molecular weight excluding hydrogens is 244 g/mol. The summed E-state index contributed by atoms with van der Waals surface area (Å²) in [6.07, 6.45) is 2.35. The minimum Gasteiger partial charge on any atom is -0.394 e. The van der Waals surface area contributed by atoms with Crippen molar-refractivity contribution in [2.45, 2.75) is 33.2 Å². The van der Waals surface area contributed by atoms with Gasteiger partial charge in [0.2, 0.25) is 0 Å². The van der Waals surface area contributed by atoms with Crippen LogP contribution in [0, 0.1) is 5.92 Å². The number of aliphatic hydroxyl groups excluding tert-OH is 1. The van der Waals surface area contributed by atoms with Crippen molar-refractivity contribution in [2.75, 3.05) is 6.61 Å². The standard InChI is InChI=1S/C14H22N2O3/c1-9(2)5-12(8-17)15-14(19)13-6-11(10(3)18)7-16(13)4/h6-7,9,12,17H,5,8H2,1-4H3,(H,15,19). The van der Waals surface area contributed by atoms with Crippen LogP contribution in [-0.2, 0) is 7.05 Å². The molecule has 0 aliphatic carbocycles. The molecule has 0 saturated carbocycles. The van der Waals surface area contributed by atoms with Crippen LogP contribution in [0.3, 0.4) is 0 Å². The van der Waals surface area contributed by atoms with Gasteiger partial charge in [0.1, 0.15) is 5.69 Å². The number of hydrogen-bond acceptors (Lipinski definition) is 3. The summed E-state index contributed by atoms with van der Waals surface area (Å²) < 4.78 is 1.62. The highest BCUT2D eigenvalue weighted by molar-refractivity contribution is 5.99. The molecule has 19 heavy (non-hydrogen) atoms. The molecular formula is C14H22N2O3. The molecule has 0 aliphatic heterocycles. The third kappa shape index (κ3) is 4.21. The zero-order valence-electron chi connectivity index (χ0n) is 11.9. The van der Waals surface area contributed by atoms with Gasteiger partial charge in [-0.1, -0.05) is 13.8 Å². The van der Waals surface area contributed by atoms with E-state index in [1.54, 1.807) is 23.9 Å². The molecule has 1 aromatic heterocycles. The summed E-state index contributed by atoms with van der Waals surface area (Å²) in [5, 5.41) is 12.0. The Kier molecular flexibility index (Phi) is 5.30. The first-order valence-corrected chi connectivity index (χ1v) is 6.44. The smallest absolute Gasteiger partial charge is 0.268 e. The van der Waals surface area contributed by atoms with Gasteiger partial charge in [0.05, 0.1) is 12.6 Å². The molecule has 1 unspecified atom stereocenters. The van der Waals surface area contributed by atoms with E-state index < -0.39 is 0 Å². The fourth-order valence-electron chi connectivity index (χ4n) is 1.99. The number of hydrogen-bond donors (Lipinski definition) is 2. The normalized spacial score (nSPS) is 12.5. The molecule has 0 aliphatic rings. The number of carbonyl (C=O) groups excluding carboxylic acids is 2. The van der Waals surface area contributed by atoms with Crippen molar-refractivity contribution in [1.29, 1.82) is 0 Å². The molecule has 2 N–H and O–H groups in total. The molecule has 0 saturated heterocycles. The molecule has 0 aromatic carbocycles. The Labute approximate surface area is 113 Å². The van der Waals surface area contributed by atoms with Crippen molar-refractivity contribution in [3.63, 3.8) is 0 Å². The van der Waals surface area contributed by atoms with E-state index in [4.69, 9.17) is 0 Å². The van der Waals surface area contributed by atoms with Crippen LogP contribution in [0.15, 0.2) is 12.3 Å². The molecule has 5 nitrogen and oxygen atoms in total. The lowest BCUT2D eigenvalue weighted by Gasteiger charge is -2.18. The van der Waals surface area contributed by atoms with E-state index in [0.717, 1.165) is 0 Å². The zero-order valence-corrected chi connectivity index (χ0v) is 11.9. The Morgan fingerprint density at radius 3 is 2.47 bits per heavy atom. The van der Waals surface area contributed by atoms with Gasteiger partial charge in [-0.2, -0.15) is 0 Å². The number of nitrogens with one attached hydrogen (secondary N) is 1. The van der Waals surface area contributed by atoms with Crippen LogP contribution in [0.25, 0.3) is 0 Å². The predicted octanol–water partition coefficient (Wildman–Crippen LogP) is 1.36. The third-order valence-corrected chi connectivity index (χ3v) is 2.96. The second kappa shape index (κ2) is 6.52. The Morgan fingerprint density at radius 2 is 2.05 bits per heavy atom. The maximum absolute atomic E-state index is 12.1. The van der Waals surface area contributed by atoms with E-state index in [-0.39, 0.29) is 24.3 Å². The number of aliphatic hydroxyl groups is 1.